The molecule has 7 nitrogen and oxygen atoms in total. The highest BCUT2D eigenvalue weighted by Gasteiger charge is 2.17. The molecule has 1 aliphatic heterocycles. The number of likely N-dealkylation sites (tertiary alicyclic amines) is 1. The van der Waals surface area contributed by atoms with E-state index in [1.165, 1.54) is 0 Å². The summed E-state index contributed by atoms with van der Waals surface area (Å²) in [6, 6.07) is 0. The lowest BCUT2D eigenvalue weighted by atomic mass is 10.3. The van der Waals surface area contributed by atoms with Crippen molar-refractivity contribution in [3.05, 3.63) is 11.4 Å². The summed E-state index contributed by atoms with van der Waals surface area (Å²) in [5, 5.41) is 3.22. The highest BCUT2D eigenvalue weighted by Crippen LogP contribution is 2.19. The van der Waals surface area contributed by atoms with E-state index in [9.17, 15) is 4.79 Å². The van der Waals surface area contributed by atoms with E-state index in [1.807, 2.05) is 18.7 Å². The van der Waals surface area contributed by atoms with Gasteiger partial charge in [-0.3, -0.25) is 4.79 Å². The van der Waals surface area contributed by atoms with Crippen LogP contribution in [-0.2, 0) is 11.2 Å². The summed E-state index contributed by atoms with van der Waals surface area (Å²) in [5.74, 6) is 7.77. The Hall–Kier alpha value is -1.89. The molecule has 0 aliphatic carbocycles. The van der Waals surface area contributed by atoms with Crippen molar-refractivity contribution in [1.29, 1.82) is 0 Å². The number of nitrogen functional groups attached to an aromatic ring is 1. The van der Waals surface area contributed by atoms with E-state index >= 15 is 0 Å². The molecule has 2 heterocycles. The molecular weight excluding hydrogens is 268 g/mol. The summed E-state index contributed by atoms with van der Waals surface area (Å²) in [4.78, 5) is 22.7. The number of carbonyl (C=O) groups is 1. The average molecular weight is 292 g/mol. The number of hydrazine groups is 1. The molecule has 2 rings (SSSR count). The molecule has 0 bridgehead atoms. The van der Waals surface area contributed by atoms with Gasteiger partial charge in [-0.15, -0.1) is 0 Å². The Balaban J connectivity index is 1.94. The third-order valence-corrected chi connectivity index (χ3v) is 3.74. The Morgan fingerprint density at radius 2 is 1.95 bits per heavy atom. The Morgan fingerprint density at radius 3 is 2.57 bits per heavy atom. The highest BCUT2D eigenvalue weighted by atomic mass is 16.2. The van der Waals surface area contributed by atoms with Crippen molar-refractivity contribution in [3.63, 3.8) is 0 Å². The van der Waals surface area contributed by atoms with Crippen LogP contribution in [-0.4, -0.2) is 40.4 Å². The summed E-state index contributed by atoms with van der Waals surface area (Å²) in [6.07, 6.45) is 3.46. The monoisotopic (exact) mass is 292 g/mol. The summed E-state index contributed by atoms with van der Waals surface area (Å²) in [5.41, 5.74) is 3.45. The number of nitrogens with two attached hydrogens (primary N) is 1. The molecule has 0 saturated carbocycles. The van der Waals surface area contributed by atoms with Gasteiger partial charge in [-0.05, 0) is 19.8 Å². The molecule has 0 radical (unpaired) electrons. The van der Waals surface area contributed by atoms with Crippen LogP contribution in [0.1, 0.15) is 37.6 Å². The fourth-order valence-electron chi connectivity index (χ4n) is 2.45. The third kappa shape index (κ3) is 3.81. The van der Waals surface area contributed by atoms with Gasteiger partial charge in [0, 0.05) is 38.0 Å². The maximum atomic E-state index is 12.0. The normalized spacial score (nSPS) is 14.3. The van der Waals surface area contributed by atoms with Gasteiger partial charge >= 0.3 is 0 Å². The minimum absolute atomic E-state index is 0.208. The molecule has 0 spiro atoms. The first kappa shape index (κ1) is 15.5. The van der Waals surface area contributed by atoms with Gasteiger partial charge in [-0.25, -0.2) is 15.8 Å². The molecule has 21 heavy (non-hydrogen) atoms. The summed E-state index contributed by atoms with van der Waals surface area (Å²) in [6.45, 7) is 6.25. The van der Waals surface area contributed by atoms with Crippen molar-refractivity contribution in [2.24, 2.45) is 5.84 Å². The smallest absolute Gasteiger partial charge is 0.224 e. The number of anilines is 2. The van der Waals surface area contributed by atoms with Gasteiger partial charge in [0.05, 0.1) is 0 Å². The van der Waals surface area contributed by atoms with Gasteiger partial charge in [-0.2, -0.15) is 0 Å². The number of carbonyl (C=O) groups excluding carboxylic acids is 1. The number of hydrogen-bond acceptors (Lipinski definition) is 6. The standard InChI is InChI=1S/C14H24N6O/c1-3-11-17-13(10(2)14(18-11)19-15)16-7-6-12(21)20-8-4-5-9-20/h3-9,15H2,1-2H3,(H2,16,17,18,19). The minimum atomic E-state index is 0.208. The minimum Gasteiger partial charge on any atom is -0.369 e. The number of hydrogen-bond donors (Lipinski definition) is 3. The molecule has 4 N–H and O–H groups in total. The van der Waals surface area contributed by atoms with Gasteiger partial charge in [0.2, 0.25) is 5.91 Å². The van der Waals surface area contributed by atoms with Gasteiger partial charge in [0.25, 0.3) is 0 Å². The topological polar surface area (TPSA) is 96.2 Å². The average Bonchev–Trinajstić information content (AvgIpc) is 3.03. The summed E-state index contributed by atoms with van der Waals surface area (Å²) >= 11 is 0. The van der Waals surface area contributed by atoms with Gasteiger partial charge < -0.3 is 15.6 Å². The molecule has 1 fully saturated rings. The first-order chi connectivity index (χ1) is 10.2. The fraction of sp³-hybridized carbons (Fsp3) is 0.643. The van der Waals surface area contributed by atoms with E-state index in [2.05, 4.69) is 20.7 Å². The Labute approximate surface area is 125 Å². The first-order valence-electron chi connectivity index (χ1n) is 7.51. The van der Waals surface area contributed by atoms with Crippen LogP contribution >= 0.6 is 0 Å². The lowest BCUT2D eigenvalue weighted by molar-refractivity contribution is -0.129. The molecule has 0 unspecified atom stereocenters. The van der Waals surface area contributed by atoms with E-state index < -0.39 is 0 Å². The largest absolute Gasteiger partial charge is 0.369 e. The van der Waals surface area contributed by atoms with Crippen LogP contribution in [0.5, 0.6) is 0 Å². The Bertz CT molecular complexity index is 498. The van der Waals surface area contributed by atoms with Crippen molar-refractivity contribution in [3.8, 4) is 0 Å². The number of nitrogens with zero attached hydrogens (tertiary/aromatic N) is 3. The van der Waals surface area contributed by atoms with Crippen molar-refractivity contribution < 1.29 is 4.79 Å². The molecular formula is C14H24N6O. The molecule has 0 atom stereocenters. The van der Waals surface area contributed by atoms with E-state index in [0.717, 1.165) is 49.6 Å². The molecule has 1 saturated heterocycles. The Kier molecular flexibility index (Phi) is 5.32. The number of aromatic nitrogens is 2. The third-order valence-electron chi connectivity index (χ3n) is 3.74. The second kappa shape index (κ2) is 7.21. The molecule has 1 amide bonds. The predicted molar refractivity (Wildman–Crippen MR) is 82.9 cm³/mol. The SMILES string of the molecule is CCc1nc(NN)c(C)c(NCCC(=O)N2CCCC2)n1. The van der Waals surface area contributed by atoms with E-state index in [0.29, 0.717) is 18.8 Å². The number of rotatable bonds is 6. The van der Waals surface area contributed by atoms with Crippen LogP contribution in [0.3, 0.4) is 0 Å². The maximum Gasteiger partial charge on any atom is 0.224 e. The summed E-state index contributed by atoms with van der Waals surface area (Å²) < 4.78 is 0. The molecule has 1 aromatic heterocycles. The van der Waals surface area contributed by atoms with Crippen LogP contribution in [0, 0.1) is 6.92 Å². The van der Waals surface area contributed by atoms with Crippen molar-refractivity contribution in [1.82, 2.24) is 14.9 Å². The zero-order valence-electron chi connectivity index (χ0n) is 12.8. The van der Waals surface area contributed by atoms with Crippen LogP contribution in [0.2, 0.25) is 0 Å². The molecule has 116 valence electrons. The van der Waals surface area contributed by atoms with Crippen molar-refractivity contribution in [2.75, 3.05) is 30.4 Å². The molecule has 7 heteroatoms. The van der Waals surface area contributed by atoms with Gasteiger partial charge in [-0.1, -0.05) is 6.92 Å². The zero-order valence-corrected chi connectivity index (χ0v) is 12.8. The lowest BCUT2D eigenvalue weighted by Gasteiger charge is -2.16. The predicted octanol–water partition coefficient (Wildman–Crippen LogP) is 1.06. The number of aryl methyl sites for hydroxylation is 1. The zero-order chi connectivity index (χ0) is 15.2. The summed E-state index contributed by atoms with van der Waals surface area (Å²) in [7, 11) is 0. The second-order valence-corrected chi connectivity index (χ2v) is 5.22. The lowest BCUT2D eigenvalue weighted by Crippen LogP contribution is -2.29. The van der Waals surface area contributed by atoms with E-state index in [4.69, 9.17) is 5.84 Å². The van der Waals surface area contributed by atoms with Crippen molar-refractivity contribution in [2.45, 2.75) is 39.5 Å². The second-order valence-electron chi connectivity index (χ2n) is 5.22. The van der Waals surface area contributed by atoms with Crippen molar-refractivity contribution >= 4 is 17.5 Å². The fourth-order valence-corrected chi connectivity index (χ4v) is 2.45. The quantitative estimate of drug-likeness (QED) is 0.536. The van der Waals surface area contributed by atoms with Crippen LogP contribution in [0.15, 0.2) is 0 Å². The first-order valence-corrected chi connectivity index (χ1v) is 7.51. The van der Waals surface area contributed by atoms with Crippen LogP contribution in [0.4, 0.5) is 11.6 Å². The van der Waals surface area contributed by atoms with Gasteiger partial charge in [0.1, 0.15) is 17.5 Å². The van der Waals surface area contributed by atoms with Crippen LogP contribution < -0.4 is 16.6 Å². The Morgan fingerprint density at radius 1 is 1.29 bits per heavy atom. The van der Waals surface area contributed by atoms with E-state index in [1.54, 1.807) is 0 Å². The number of nitrogens with one attached hydrogen (secondary N) is 2. The van der Waals surface area contributed by atoms with Gasteiger partial charge in [0.15, 0.2) is 0 Å². The molecule has 1 aliphatic rings. The molecule has 1 aromatic rings. The molecule has 0 aromatic carbocycles. The van der Waals surface area contributed by atoms with Crippen LogP contribution in [0.25, 0.3) is 0 Å². The van der Waals surface area contributed by atoms with E-state index in [-0.39, 0.29) is 5.91 Å². The number of amides is 1. The highest BCUT2D eigenvalue weighted by molar-refractivity contribution is 5.77. The maximum absolute atomic E-state index is 12.0.